The lowest BCUT2D eigenvalue weighted by atomic mass is 10.2. The highest BCUT2D eigenvalue weighted by atomic mass is 16.5. The van der Waals surface area contributed by atoms with Crippen LogP contribution in [0, 0.1) is 0 Å². The molecule has 0 aliphatic carbocycles. The van der Waals surface area contributed by atoms with Crippen molar-refractivity contribution in [1.82, 2.24) is 15.5 Å². The van der Waals surface area contributed by atoms with Crippen molar-refractivity contribution in [3.63, 3.8) is 0 Å². The van der Waals surface area contributed by atoms with Gasteiger partial charge in [0, 0.05) is 20.1 Å². The third-order valence-electron chi connectivity index (χ3n) is 2.69. The summed E-state index contributed by atoms with van der Waals surface area (Å²) in [5.74, 6) is -0.736. The molecule has 1 aliphatic rings. The minimum atomic E-state index is -0.538. The van der Waals surface area contributed by atoms with E-state index >= 15 is 0 Å². The van der Waals surface area contributed by atoms with Crippen LogP contribution in [0.4, 0.5) is 4.79 Å². The number of hydrogen-bond donors (Lipinski definition) is 2. The van der Waals surface area contributed by atoms with E-state index in [9.17, 15) is 14.4 Å². The van der Waals surface area contributed by atoms with E-state index in [0.29, 0.717) is 19.7 Å². The van der Waals surface area contributed by atoms with Crippen LogP contribution in [0.3, 0.4) is 0 Å². The van der Waals surface area contributed by atoms with Crippen LogP contribution < -0.4 is 10.6 Å². The van der Waals surface area contributed by atoms with Gasteiger partial charge in [-0.15, -0.1) is 0 Å². The summed E-state index contributed by atoms with van der Waals surface area (Å²) >= 11 is 0. The number of rotatable bonds is 4. The molecule has 0 aromatic rings. The molecule has 0 saturated carbocycles. The van der Waals surface area contributed by atoms with Gasteiger partial charge in [0.05, 0.1) is 32.8 Å². The van der Waals surface area contributed by atoms with Crippen molar-refractivity contribution in [2.45, 2.75) is 12.5 Å². The smallest absolute Gasteiger partial charge is 0.321 e. The number of esters is 1. The van der Waals surface area contributed by atoms with E-state index in [-0.39, 0.29) is 25.0 Å². The van der Waals surface area contributed by atoms with Crippen molar-refractivity contribution in [1.29, 1.82) is 0 Å². The highest BCUT2D eigenvalue weighted by Gasteiger charge is 2.24. The summed E-state index contributed by atoms with van der Waals surface area (Å²) in [7, 11) is 2.75. The van der Waals surface area contributed by atoms with Crippen LogP contribution in [0.15, 0.2) is 0 Å². The zero-order valence-corrected chi connectivity index (χ0v) is 11.1. The molecule has 1 unspecified atom stereocenters. The number of carbonyl (C=O) groups is 3. The van der Waals surface area contributed by atoms with Gasteiger partial charge in [-0.3, -0.25) is 19.8 Å². The first-order chi connectivity index (χ1) is 9.05. The molecule has 19 heavy (non-hydrogen) atoms. The van der Waals surface area contributed by atoms with Gasteiger partial charge in [-0.1, -0.05) is 0 Å². The zero-order valence-electron chi connectivity index (χ0n) is 11.1. The Balaban J connectivity index is 2.36. The Morgan fingerprint density at radius 3 is 2.79 bits per heavy atom. The van der Waals surface area contributed by atoms with Gasteiger partial charge < -0.3 is 14.8 Å². The molecule has 2 N–H and O–H groups in total. The molecular formula is C11H19N3O5. The SMILES string of the molecule is CNC(=O)NC(=O)CN1CCOC(CC(=O)OC)C1. The van der Waals surface area contributed by atoms with E-state index in [0.717, 1.165) is 0 Å². The number of hydrogen-bond acceptors (Lipinski definition) is 6. The van der Waals surface area contributed by atoms with Crippen molar-refractivity contribution in [2.75, 3.05) is 40.4 Å². The molecule has 1 fully saturated rings. The average Bonchev–Trinajstić information content (AvgIpc) is 2.38. The number of nitrogens with one attached hydrogen (secondary N) is 2. The fraction of sp³-hybridized carbons (Fsp3) is 0.727. The molecular weight excluding hydrogens is 254 g/mol. The fourth-order valence-corrected chi connectivity index (χ4v) is 1.75. The van der Waals surface area contributed by atoms with Crippen LogP contribution in [0.2, 0.25) is 0 Å². The Hall–Kier alpha value is -1.67. The number of methoxy groups -OCH3 is 1. The maximum atomic E-state index is 11.5. The number of amides is 3. The molecule has 0 bridgehead atoms. The van der Waals surface area contributed by atoms with E-state index in [2.05, 4.69) is 15.4 Å². The molecule has 1 aliphatic heterocycles. The minimum Gasteiger partial charge on any atom is -0.469 e. The van der Waals surface area contributed by atoms with Crippen molar-refractivity contribution < 1.29 is 23.9 Å². The first-order valence-electron chi connectivity index (χ1n) is 5.97. The van der Waals surface area contributed by atoms with Crippen molar-refractivity contribution in [2.24, 2.45) is 0 Å². The predicted molar refractivity (Wildman–Crippen MR) is 65.4 cm³/mol. The Morgan fingerprint density at radius 1 is 1.42 bits per heavy atom. The number of urea groups is 1. The van der Waals surface area contributed by atoms with Crippen LogP contribution in [0.25, 0.3) is 0 Å². The number of imide groups is 1. The molecule has 0 aromatic heterocycles. The first-order valence-corrected chi connectivity index (χ1v) is 5.97. The molecule has 8 heteroatoms. The van der Waals surface area contributed by atoms with Crippen LogP contribution >= 0.6 is 0 Å². The lowest BCUT2D eigenvalue weighted by Gasteiger charge is -2.31. The van der Waals surface area contributed by atoms with Gasteiger partial charge in [-0.2, -0.15) is 0 Å². The van der Waals surface area contributed by atoms with Gasteiger partial charge in [0.2, 0.25) is 5.91 Å². The summed E-state index contributed by atoms with van der Waals surface area (Å²) in [6.07, 6.45) is -0.127. The summed E-state index contributed by atoms with van der Waals surface area (Å²) in [5, 5.41) is 4.48. The maximum Gasteiger partial charge on any atom is 0.321 e. The number of ether oxygens (including phenoxy) is 2. The number of nitrogens with zero attached hydrogens (tertiary/aromatic N) is 1. The zero-order chi connectivity index (χ0) is 14.3. The van der Waals surface area contributed by atoms with Gasteiger partial charge in [-0.05, 0) is 0 Å². The Bertz CT molecular complexity index is 347. The minimum absolute atomic E-state index is 0.0917. The third kappa shape index (κ3) is 5.66. The molecule has 0 spiro atoms. The van der Waals surface area contributed by atoms with Gasteiger partial charge in [0.15, 0.2) is 0 Å². The molecule has 1 saturated heterocycles. The topological polar surface area (TPSA) is 97.0 Å². The largest absolute Gasteiger partial charge is 0.469 e. The molecule has 0 aromatic carbocycles. The van der Waals surface area contributed by atoms with Gasteiger partial charge in [0.25, 0.3) is 0 Å². The Labute approximate surface area is 111 Å². The van der Waals surface area contributed by atoms with Crippen molar-refractivity contribution in [3.8, 4) is 0 Å². The first kappa shape index (κ1) is 15.4. The number of morpholine rings is 1. The van der Waals surface area contributed by atoms with E-state index in [1.165, 1.54) is 14.2 Å². The van der Waals surface area contributed by atoms with Crippen molar-refractivity contribution >= 4 is 17.9 Å². The summed E-state index contributed by atoms with van der Waals surface area (Å²) in [6, 6.07) is -0.538. The van der Waals surface area contributed by atoms with Crippen LogP contribution in [-0.4, -0.2) is 69.3 Å². The monoisotopic (exact) mass is 273 g/mol. The summed E-state index contributed by atoms with van der Waals surface area (Å²) in [5.41, 5.74) is 0. The maximum absolute atomic E-state index is 11.5. The summed E-state index contributed by atoms with van der Waals surface area (Å²) in [4.78, 5) is 35.5. The molecule has 3 amide bonds. The molecule has 0 radical (unpaired) electrons. The second kappa shape index (κ2) is 7.70. The van der Waals surface area contributed by atoms with Crippen molar-refractivity contribution in [3.05, 3.63) is 0 Å². The molecule has 1 heterocycles. The highest BCUT2D eigenvalue weighted by molar-refractivity contribution is 5.95. The van der Waals surface area contributed by atoms with Crippen LogP contribution in [-0.2, 0) is 19.1 Å². The van der Waals surface area contributed by atoms with Gasteiger partial charge in [-0.25, -0.2) is 4.79 Å². The Morgan fingerprint density at radius 2 is 2.16 bits per heavy atom. The summed E-state index contributed by atoms with van der Waals surface area (Å²) < 4.78 is 9.98. The second-order valence-electron chi connectivity index (χ2n) is 4.14. The van der Waals surface area contributed by atoms with E-state index < -0.39 is 11.9 Å². The molecule has 1 rings (SSSR count). The van der Waals surface area contributed by atoms with E-state index in [1.54, 1.807) is 0 Å². The van der Waals surface area contributed by atoms with Gasteiger partial charge >= 0.3 is 12.0 Å². The lowest BCUT2D eigenvalue weighted by Crippen LogP contribution is -2.49. The molecule has 8 nitrogen and oxygen atoms in total. The quantitative estimate of drug-likeness (QED) is 0.618. The standard InChI is InChI=1S/C11H19N3O5/c1-12-11(17)13-9(15)7-14-3-4-19-8(6-14)5-10(16)18-2/h8H,3-7H2,1-2H3,(H2,12,13,15,17). The van der Waals surface area contributed by atoms with Gasteiger partial charge in [0.1, 0.15) is 0 Å². The molecule has 1 atom stereocenters. The predicted octanol–water partition coefficient (Wildman–Crippen LogP) is -1.29. The average molecular weight is 273 g/mol. The fourth-order valence-electron chi connectivity index (χ4n) is 1.75. The highest BCUT2D eigenvalue weighted by Crippen LogP contribution is 2.08. The second-order valence-corrected chi connectivity index (χ2v) is 4.14. The summed E-state index contributed by atoms with van der Waals surface area (Å²) in [6.45, 7) is 1.57. The third-order valence-corrected chi connectivity index (χ3v) is 2.69. The van der Waals surface area contributed by atoms with Crippen LogP contribution in [0.5, 0.6) is 0 Å². The molecule has 108 valence electrons. The van der Waals surface area contributed by atoms with E-state index in [1.807, 2.05) is 4.90 Å². The van der Waals surface area contributed by atoms with Crippen LogP contribution in [0.1, 0.15) is 6.42 Å². The Kier molecular flexibility index (Phi) is 6.23. The lowest BCUT2D eigenvalue weighted by molar-refractivity contribution is -0.145. The normalized spacial score (nSPS) is 19.6. The number of carbonyl (C=O) groups excluding carboxylic acids is 3. The van der Waals surface area contributed by atoms with E-state index in [4.69, 9.17) is 4.74 Å².